The van der Waals surface area contributed by atoms with Crippen molar-refractivity contribution in [1.29, 1.82) is 0 Å². The molecule has 29 heavy (non-hydrogen) atoms. The van der Waals surface area contributed by atoms with Crippen molar-refractivity contribution in [3.8, 4) is 0 Å². The van der Waals surface area contributed by atoms with Gasteiger partial charge in [0, 0.05) is 18.3 Å². The minimum atomic E-state index is -1.22. The molecule has 0 aromatic heterocycles. The number of nitrogens with two attached hydrogens (primary N) is 1. The van der Waals surface area contributed by atoms with E-state index in [1.165, 1.54) is 17.0 Å². The number of ether oxygens (including phenoxy) is 1. The van der Waals surface area contributed by atoms with Crippen molar-refractivity contribution in [2.75, 3.05) is 30.0 Å². The van der Waals surface area contributed by atoms with E-state index in [0.29, 0.717) is 30.7 Å². The van der Waals surface area contributed by atoms with Gasteiger partial charge >= 0.3 is 0 Å². The number of primary amides is 1. The number of carbonyl (C=O) groups is 3. The van der Waals surface area contributed by atoms with Gasteiger partial charge in [-0.15, -0.1) is 0 Å². The lowest BCUT2D eigenvalue weighted by atomic mass is 10.1. The second kappa shape index (κ2) is 8.08. The van der Waals surface area contributed by atoms with Crippen molar-refractivity contribution in [2.45, 2.75) is 37.8 Å². The summed E-state index contributed by atoms with van der Waals surface area (Å²) in [7, 11) is 0. The molecular formula is C20H25FN4O4. The lowest BCUT2D eigenvalue weighted by Crippen LogP contribution is -2.54. The maximum atomic E-state index is 14.6. The molecule has 1 atom stereocenters. The average Bonchev–Trinajstić information content (AvgIpc) is 3.58. The van der Waals surface area contributed by atoms with Crippen molar-refractivity contribution in [2.24, 2.45) is 17.6 Å². The van der Waals surface area contributed by atoms with E-state index in [4.69, 9.17) is 10.5 Å². The third-order valence-corrected chi connectivity index (χ3v) is 5.67. The van der Waals surface area contributed by atoms with Gasteiger partial charge in [-0.05, 0) is 55.7 Å². The van der Waals surface area contributed by atoms with Crippen molar-refractivity contribution >= 4 is 29.1 Å². The standard InChI is InChI=1S/C20H25FN4O4/c21-14-9-13(25-7-8-29-10-16(25)26)5-6-15(14)23-20(28)18(19(22)27)24-17(11-1-2-11)12-3-4-12/h5-6,9,11-12,17-18,24H,1-4,7-8,10H2,(H2,22,27)(H,23,28)/t18-/m0/s1. The number of amides is 3. The summed E-state index contributed by atoms with van der Waals surface area (Å²) in [6.07, 6.45) is 4.32. The van der Waals surface area contributed by atoms with Gasteiger partial charge in [-0.2, -0.15) is 0 Å². The lowest BCUT2D eigenvalue weighted by Gasteiger charge is -2.27. The Labute approximate surface area is 167 Å². The van der Waals surface area contributed by atoms with Gasteiger partial charge in [0.25, 0.3) is 11.8 Å². The molecule has 1 aromatic carbocycles. The topological polar surface area (TPSA) is 114 Å². The highest BCUT2D eigenvalue weighted by atomic mass is 19.1. The van der Waals surface area contributed by atoms with Crippen LogP contribution in [0.2, 0.25) is 0 Å². The Balaban J connectivity index is 1.44. The van der Waals surface area contributed by atoms with Crippen LogP contribution in [-0.4, -0.2) is 49.6 Å². The summed E-state index contributed by atoms with van der Waals surface area (Å²) in [5.41, 5.74) is 5.77. The van der Waals surface area contributed by atoms with E-state index >= 15 is 0 Å². The van der Waals surface area contributed by atoms with Gasteiger partial charge in [0.05, 0.1) is 12.3 Å². The van der Waals surface area contributed by atoms with E-state index in [1.54, 1.807) is 6.07 Å². The Bertz CT molecular complexity index is 813. The number of halogens is 1. The Morgan fingerprint density at radius 1 is 1.21 bits per heavy atom. The number of nitrogens with zero attached hydrogens (tertiary/aromatic N) is 1. The molecule has 1 aliphatic heterocycles. The monoisotopic (exact) mass is 404 g/mol. The largest absolute Gasteiger partial charge is 0.370 e. The minimum absolute atomic E-state index is 0.0464. The van der Waals surface area contributed by atoms with E-state index in [9.17, 15) is 18.8 Å². The van der Waals surface area contributed by atoms with Gasteiger partial charge in [0.15, 0.2) is 6.04 Å². The number of carbonyl (C=O) groups excluding carboxylic acids is 3. The highest BCUT2D eigenvalue weighted by Gasteiger charge is 2.44. The van der Waals surface area contributed by atoms with Gasteiger partial charge < -0.3 is 20.7 Å². The van der Waals surface area contributed by atoms with E-state index < -0.39 is 23.7 Å². The van der Waals surface area contributed by atoms with Gasteiger partial charge in [-0.1, -0.05) is 0 Å². The van der Waals surface area contributed by atoms with Crippen molar-refractivity contribution in [1.82, 2.24) is 5.32 Å². The molecular weight excluding hydrogens is 379 g/mol. The number of rotatable bonds is 8. The number of hydrogen-bond acceptors (Lipinski definition) is 5. The first-order chi connectivity index (χ1) is 13.9. The molecule has 3 aliphatic rings. The van der Waals surface area contributed by atoms with E-state index in [0.717, 1.165) is 25.7 Å². The first-order valence-electron chi connectivity index (χ1n) is 9.98. The van der Waals surface area contributed by atoms with Crippen LogP contribution in [0.3, 0.4) is 0 Å². The molecule has 0 radical (unpaired) electrons. The average molecular weight is 404 g/mol. The summed E-state index contributed by atoms with van der Waals surface area (Å²) in [4.78, 5) is 37.9. The third kappa shape index (κ3) is 4.56. The fourth-order valence-corrected chi connectivity index (χ4v) is 3.82. The molecule has 9 heteroatoms. The normalized spacial score (nSPS) is 20.6. The molecule has 8 nitrogen and oxygen atoms in total. The molecule has 0 unspecified atom stereocenters. The number of morpholine rings is 1. The maximum absolute atomic E-state index is 14.6. The summed E-state index contributed by atoms with van der Waals surface area (Å²) in [5.74, 6) is -1.47. The molecule has 1 heterocycles. The van der Waals surface area contributed by atoms with Crippen LogP contribution in [0.4, 0.5) is 15.8 Å². The smallest absolute Gasteiger partial charge is 0.253 e. The van der Waals surface area contributed by atoms with Crippen LogP contribution < -0.4 is 21.3 Å². The number of benzene rings is 1. The van der Waals surface area contributed by atoms with Crippen molar-refractivity contribution < 1.29 is 23.5 Å². The molecule has 4 rings (SSSR count). The predicted octanol–water partition coefficient (Wildman–Crippen LogP) is 0.759. The van der Waals surface area contributed by atoms with Crippen molar-refractivity contribution in [3.63, 3.8) is 0 Å². The molecule has 1 aromatic rings. The SMILES string of the molecule is NC(=O)[C@H](NC(C1CC1)C1CC1)C(=O)Nc1ccc(N2CCOCC2=O)cc1F. The van der Waals surface area contributed by atoms with E-state index in [2.05, 4.69) is 10.6 Å². The molecule has 1 saturated heterocycles. The Kier molecular flexibility index (Phi) is 5.51. The molecule has 0 bridgehead atoms. The third-order valence-electron chi connectivity index (χ3n) is 5.67. The van der Waals surface area contributed by atoms with Crippen LogP contribution in [0, 0.1) is 17.7 Å². The zero-order valence-corrected chi connectivity index (χ0v) is 16.0. The highest BCUT2D eigenvalue weighted by molar-refractivity contribution is 6.09. The van der Waals surface area contributed by atoms with Gasteiger partial charge in [-0.3, -0.25) is 19.7 Å². The van der Waals surface area contributed by atoms with Crippen LogP contribution in [0.15, 0.2) is 18.2 Å². The molecule has 2 saturated carbocycles. The number of nitrogens with one attached hydrogen (secondary N) is 2. The van der Waals surface area contributed by atoms with Crippen LogP contribution in [0.5, 0.6) is 0 Å². The highest BCUT2D eigenvalue weighted by Crippen LogP contribution is 2.44. The van der Waals surface area contributed by atoms with Crippen LogP contribution in [-0.2, 0) is 19.1 Å². The predicted molar refractivity (Wildman–Crippen MR) is 104 cm³/mol. The Morgan fingerprint density at radius 2 is 1.90 bits per heavy atom. The lowest BCUT2D eigenvalue weighted by molar-refractivity contribution is -0.128. The molecule has 0 spiro atoms. The van der Waals surface area contributed by atoms with Crippen LogP contribution in [0.25, 0.3) is 0 Å². The zero-order chi connectivity index (χ0) is 20.5. The number of anilines is 2. The molecule has 156 valence electrons. The second-order valence-corrected chi connectivity index (χ2v) is 7.95. The zero-order valence-electron chi connectivity index (χ0n) is 16.0. The van der Waals surface area contributed by atoms with E-state index in [1.807, 2.05) is 0 Å². The fraction of sp³-hybridized carbons (Fsp3) is 0.550. The Hall–Kier alpha value is -2.52. The second-order valence-electron chi connectivity index (χ2n) is 7.95. The van der Waals surface area contributed by atoms with Gasteiger partial charge in [0.2, 0.25) is 5.91 Å². The summed E-state index contributed by atoms with van der Waals surface area (Å²) >= 11 is 0. The summed E-state index contributed by atoms with van der Waals surface area (Å²) < 4.78 is 19.6. The number of hydrogen-bond donors (Lipinski definition) is 3. The van der Waals surface area contributed by atoms with Crippen LogP contribution >= 0.6 is 0 Å². The first kappa shape index (κ1) is 19.8. The van der Waals surface area contributed by atoms with Crippen molar-refractivity contribution in [3.05, 3.63) is 24.0 Å². The molecule has 3 fully saturated rings. The molecule has 4 N–H and O–H groups in total. The fourth-order valence-electron chi connectivity index (χ4n) is 3.82. The Morgan fingerprint density at radius 3 is 2.45 bits per heavy atom. The summed E-state index contributed by atoms with van der Waals surface area (Å²) in [6.45, 7) is 0.664. The van der Waals surface area contributed by atoms with Crippen LogP contribution in [0.1, 0.15) is 25.7 Å². The quantitative estimate of drug-likeness (QED) is 0.554. The molecule has 2 aliphatic carbocycles. The molecule has 3 amide bonds. The maximum Gasteiger partial charge on any atom is 0.253 e. The summed E-state index contributed by atoms with van der Waals surface area (Å²) in [6, 6.07) is 2.98. The van der Waals surface area contributed by atoms with Gasteiger partial charge in [0.1, 0.15) is 12.4 Å². The first-order valence-corrected chi connectivity index (χ1v) is 9.98. The minimum Gasteiger partial charge on any atom is -0.370 e. The van der Waals surface area contributed by atoms with E-state index in [-0.39, 0.29) is 24.2 Å². The summed E-state index contributed by atoms with van der Waals surface area (Å²) in [5, 5.41) is 5.56. The van der Waals surface area contributed by atoms with Gasteiger partial charge in [-0.25, -0.2) is 4.39 Å².